The molecule has 0 spiro atoms. The molecule has 0 aromatic carbocycles. The summed E-state index contributed by atoms with van der Waals surface area (Å²) < 4.78 is 27.4. The Morgan fingerprint density at radius 3 is 2.17 bits per heavy atom. The highest BCUT2D eigenvalue weighted by molar-refractivity contribution is 7.90. The Labute approximate surface area is 138 Å². The van der Waals surface area contributed by atoms with Crippen molar-refractivity contribution in [1.29, 1.82) is 0 Å². The van der Waals surface area contributed by atoms with E-state index in [0.29, 0.717) is 45.1 Å². The van der Waals surface area contributed by atoms with Gasteiger partial charge in [-0.3, -0.25) is 4.99 Å². The van der Waals surface area contributed by atoms with E-state index in [9.17, 15) is 13.2 Å². The molecule has 0 bridgehead atoms. The number of rotatable bonds is 4. The summed E-state index contributed by atoms with van der Waals surface area (Å²) in [6.45, 7) is 8.10. The van der Waals surface area contributed by atoms with Gasteiger partial charge >= 0.3 is 6.09 Å². The first-order valence-electron chi connectivity index (χ1n) is 7.68. The average molecular weight is 348 g/mol. The molecule has 0 saturated carbocycles. The fourth-order valence-electron chi connectivity index (χ4n) is 2.06. The molecule has 1 saturated heterocycles. The maximum Gasteiger partial charge on any atom is 0.410 e. The molecule has 1 amide bonds. The van der Waals surface area contributed by atoms with Gasteiger partial charge in [0.25, 0.3) is 0 Å². The highest BCUT2D eigenvalue weighted by atomic mass is 32.2. The van der Waals surface area contributed by atoms with Gasteiger partial charge in [-0.25, -0.2) is 13.2 Å². The fourth-order valence-corrected chi connectivity index (χ4v) is 2.72. The van der Waals surface area contributed by atoms with Crippen LogP contribution in [0.25, 0.3) is 0 Å². The topological polar surface area (TPSA) is 105 Å². The minimum Gasteiger partial charge on any atom is -0.444 e. The van der Waals surface area contributed by atoms with Gasteiger partial charge in [-0.1, -0.05) is 0 Å². The molecule has 1 rings (SSSR count). The van der Waals surface area contributed by atoms with Crippen molar-refractivity contribution in [2.24, 2.45) is 10.7 Å². The molecule has 1 heterocycles. The van der Waals surface area contributed by atoms with E-state index >= 15 is 0 Å². The SMILES string of the molecule is CC(C)(C)OC(=O)N1CCN(C(N)=NCCCS(C)(=O)=O)CC1. The van der Waals surface area contributed by atoms with Crippen molar-refractivity contribution in [3.8, 4) is 0 Å². The largest absolute Gasteiger partial charge is 0.444 e. The normalized spacial score (nSPS) is 17.3. The second kappa shape index (κ2) is 7.85. The number of carbonyl (C=O) groups excluding carboxylic acids is 1. The van der Waals surface area contributed by atoms with Crippen LogP contribution in [0.1, 0.15) is 27.2 Å². The number of sulfone groups is 1. The molecule has 1 fully saturated rings. The molecule has 1 aliphatic heterocycles. The number of hydrogen-bond acceptors (Lipinski definition) is 5. The smallest absolute Gasteiger partial charge is 0.410 e. The van der Waals surface area contributed by atoms with E-state index in [1.165, 1.54) is 6.26 Å². The number of ether oxygens (including phenoxy) is 1. The highest BCUT2D eigenvalue weighted by Crippen LogP contribution is 2.11. The van der Waals surface area contributed by atoms with E-state index in [1.54, 1.807) is 4.90 Å². The molecule has 0 aromatic heterocycles. The van der Waals surface area contributed by atoms with Gasteiger partial charge in [0.1, 0.15) is 15.4 Å². The predicted octanol–water partition coefficient (Wildman–Crippen LogP) is 0.289. The second-order valence-corrected chi connectivity index (χ2v) is 8.94. The zero-order chi connectivity index (χ0) is 17.7. The minimum atomic E-state index is -2.96. The summed E-state index contributed by atoms with van der Waals surface area (Å²) in [5.41, 5.74) is 5.41. The number of aliphatic imine (C=N–C) groups is 1. The molecule has 1 aliphatic rings. The standard InChI is InChI=1S/C14H28N4O4S/c1-14(2,3)22-13(19)18-9-7-17(8-10-18)12(15)16-6-5-11-23(4,20)21/h5-11H2,1-4H3,(H2,15,16). The molecular formula is C14H28N4O4S. The van der Waals surface area contributed by atoms with E-state index in [-0.39, 0.29) is 11.8 Å². The first-order valence-corrected chi connectivity index (χ1v) is 9.74. The molecule has 134 valence electrons. The van der Waals surface area contributed by atoms with Crippen molar-refractivity contribution in [2.75, 3.05) is 44.7 Å². The second-order valence-electron chi connectivity index (χ2n) is 6.68. The summed E-state index contributed by atoms with van der Waals surface area (Å²) >= 11 is 0. The molecule has 0 unspecified atom stereocenters. The molecule has 0 atom stereocenters. The maximum absolute atomic E-state index is 12.0. The Hall–Kier alpha value is -1.51. The lowest BCUT2D eigenvalue weighted by Crippen LogP contribution is -2.53. The van der Waals surface area contributed by atoms with Crippen LogP contribution in [0.3, 0.4) is 0 Å². The summed E-state index contributed by atoms with van der Waals surface area (Å²) in [4.78, 5) is 19.7. The Bertz CT molecular complexity index is 531. The van der Waals surface area contributed by atoms with E-state index in [4.69, 9.17) is 10.5 Å². The third-order valence-corrected chi connectivity index (χ3v) is 4.23. The third kappa shape index (κ3) is 8.06. The molecule has 0 radical (unpaired) electrons. The Kier molecular flexibility index (Phi) is 6.67. The minimum absolute atomic E-state index is 0.107. The van der Waals surface area contributed by atoms with Crippen LogP contribution in [-0.2, 0) is 14.6 Å². The van der Waals surface area contributed by atoms with Crippen LogP contribution in [0.5, 0.6) is 0 Å². The predicted molar refractivity (Wildman–Crippen MR) is 90.2 cm³/mol. The summed E-state index contributed by atoms with van der Waals surface area (Å²) in [6, 6.07) is 0. The van der Waals surface area contributed by atoms with Crippen LogP contribution in [0.2, 0.25) is 0 Å². The lowest BCUT2D eigenvalue weighted by atomic mass is 10.2. The quantitative estimate of drug-likeness (QED) is 0.445. The zero-order valence-corrected chi connectivity index (χ0v) is 15.2. The highest BCUT2D eigenvalue weighted by Gasteiger charge is 2.26. The van der Waals surface area contributed by atoms with Gasteiger partial charge < -0.3 is 20.3 Å². The average Bonchev–Trinajstić information content (AvgIpc) is 2.40. The van der Waals surface area contributed by atoms with Gasteiger partial charge in [0.15, 0.2) is 5.96 Å². The Morgan fingerprint density at radius 1 is 1.17 bits per heavy atom. The number of carbonyl (C=O) groups is 1. The first-order chi connectivity index (χ1) is 10.5. The summed E-state index contributed by atoms with van der Waals surface area (Å²) in [6.07, 6.45) is 1.34. The number of piperazine rings is 1. The first kappa shape index (κ1) is 19.5. The lowest BCUT2D eigenvalue weighted by molar-refractivity contribution is 0.0186. The van der Waals surface area contributed by atoms with E-state index in [0.717, 1.165) is 0 Å². The van der Waals surface area contributed by atoms with Gasteiger partial charge in [-0.2, -0.15) is 0 Å². The van der Waals surface area contributed by atoms with Crippen LogP contribution in [-0.4, -0.2) is 80.6 Å². The molecule has 2 N–H and O–H groups in total. The Morgan fingerprint density at radius 2 is 1.70 bits per heavy atom. The van der Waals surface area contributed by atoms with Crippen LogP contribution in [0, 0.1) is 0 Å². The molecular weight excluding hydrogens is 320 g/mol. The summed E-state index contributed by atoms with van der Waals surface area (Å²) in [5.74, 6) is 0.498. The van der Waals surface area contributed by atoms with Gasteiger partial charge in [-0.05, 0) is 27.2 Å². The molecule has 8 nitrogen and oxygen atoms in total. The monoisotopic (exact) mass is 348 g/mol. The van der Waals surface area contributed by atoms with Crippen LogP contribution < -0.4 is 5.73 Å². The van der Waals surface area contributed by atoms with Gasteiger partial charge in [0, 0.05) is 39.0 Å². The molecule has 0 aromatic rings. The molecule has 9 heteroatoms. The van der Waals surface area contributed by atoms with Crippen molar-refractivity contribution >= 4 is 21.9 Å². The Balaban J connectivity index is 2.39. The van der Waals surface area contributed by atoms with E-state index in [2.05, 4.69) is 4.99 Å². The van der Waals surface area contributed by atoms with Crippen molar-refractivity contribution in [1.82, 2.24) is 9.80 Å². The van der Waals surface area contributed by atoms with Crippen molar-refractivity contribution < 1.29 is 17.9 Å². The summed E-state index contributed by atoms with van der Waals surface area (Å²) in [5, 5.41) is 0. The molecule has 23 heavy (non-hydrogen) atoms. The van der Waals surface area contributed by atoms with E-state index in [1.807, 2.05) is 25.7 Å². The number of nitrogens with zero attached hydrogens (tertiary/aromatic N) is 3. The van der Waals surface area contributed by atoms with Crippen LogP contribution >= 0.6 is 0 Å². The van der Waals surface area contributed by atoms with Gasteiger partial charge in [-0.15, -0.1) is 0 Å². The number of amides is 1. The van der Waals surface area contributed by atoms with Crippen LogP contribution in [0.15, 0.2) is 4.99 Å². The lowest BCUT2D eigenvalue weighted by Gasteiger charge is -2.36. The molecule has 0 aliphatic carbocycles. The van der Waals surface area contributed by atoms with Gasteiger partial charge in [0.05, 0.1) is 5.75 Å². The van der Waals surface area contributed by atoms with E-state index < -0.39 is 15.4 Å². The number of hydrogen-bond donors (Lipinski definition) is 1. The van der Waals surface area contributed by atoms with Crippen molar-refractivity contribution in [2.45, 2.75) is 32.8 Å². The number of nitrogens with two attached hydrogens (primary N) is 1. The maximum atomic E-state index is 12.0. The van der Waals surface area contributed by atoms with Crippen molar-refractivity contribution in [3.63, 3.8) is 0 Å². The zero-order valence-electron chi connectivity index (χ0n) is 14.4. The third-order valence-electron chi connectivity index (χ3n) is 3.20. The fraction of sp³-hybridized carbons (Fsp3) is 0.857. The number of guanidine groups is 1. The van der Waals surface area contributed by atoms with Crippen molar-refractivity contribution in [3.05, 3.63) is 0 Å². The van der Waals surface area contributed by atoms with Gasteiger partial charge in [0.2, 0.25) is 0 Å². The van der Waals surface area contributed by atoms with Crippen LogP contribution in [0.4, 0.5) is 4.79 Å². The summed E-state index contributed by atoms with van der Waals surface area (Å²) in [7, 11) is -2.96.